The molecule has 1 aliphatic rings. The Morgan fingerprint density at radius 3 is 0.867 bits per heavy atom. The maximum Gasteiger partial charge on any atom is 0.119 e. The summed E-state index contributed by atoms with van der Waals surface area (Å²) in [5.41, 5.74) is 8.13. The van der Waals surface area contributed by atoms with E-state index in [1.54, 1.807) is 0 Å². The molecule has 0 aromatic heterocycles. The van der Waals surface area contributed by atoms with Gasteiger partial charge in [0.05, 0.1) is 6.61 Å². The molecule has 0 bridgehead atoms. The van der Waals surface area contributed by atoms with Gasteiger partial charge in [0.2, 0.25) is 0 Å². The van der Waals surface area contributed by atoms with Gasteiger partial charge >= 0.3 is 0 Å². The largest absolute Gasteiger partial charge is 0.494 e. The lowest BCUT2D eigenvalue weighted by Crippen LogP contribution is -2.97. The molecule has 0 aliphatic carbocycles. The van der Waals surface area contributed by atoms with Crippen molar-refractivity contribution in [2.75, 3.05) is 13.2 Å². The van der Waals surface area contributed by atoms with Gasteiger partial charge in [-0.05, 0) is 36.2 Å². The number of ether oxygens (including phenoxy) is 1. The molecule has 75 heavy (non-hydrogen) atoms. The van der Waals surface area contributed by atoms with E-state index < -0.39 is 185 Å². The molecule has 0 saturated heterocycles. The Labute approximate surface area is 511 Å². The van der Waals surface area contributed by atoms with Gasteiger partial charge in [0.25, 0.3) is 0 Å². The molecule has 3 nitrogen and oxygen atoms in total. The highest BCUT2D eigenvalue weighted by atomic mass is 16.5. The number of hydrogen-bond acceptors (Lipinski definition) is 3. The Morgan fingerprint density at radius 2 is 0.613 bits per heavy atom. The Balaban J connectivity index is 0.00000170. The van der Waals surface area contributed by atoms with Gasteiger partial charge in [-0.3, -0.25) is 0 Å². The molecule has 0 spiro atoms. The number of nitrogens with two attached hydrogens (primary N) is 1. The fourth-order valence-electron chi connectivity index (χ4n) is 12.2. The topological polar surface area (TPSA) is 47.3 Å². The number of rotatable bonds is 33. The Morgan fingerprint density at radius 1 is 0.360 bits per heavy atom. The summed E-state index contributed by atoms with van der Waals surface area (Å²) in [6.45, 7) is 3.34. The Kier molecular flexibility index (Phi) is 37.1. The minimum Gasteiger partial charge on any atom is -0.494 e. The second-order valence-corrected chi connectivity index (χ2v) is 20.5. The predicted octanol–water partition coefficient (Wildman–Crippen LogP) is -22.2. The van der Waals surface area contributed by atoms with E-state index in [1.165, 1.54) is 11.1 Å². The lowest BCUT2D eigenvalue weighted by atomic mass is 8.22. The summed E-state index contributed by atoms with van der Waals surface area (Å²) >= 11 is 0. The van der Waals surface area contributed by atoms with E-state index in [4.69, 9.17) is 250 Å². The Hall–Kier alpha value is 2.90. The number of nitrogens with one attached hydrogen (secondary N) is 1. The van der Waals surface area contributed by atoms with Crippen molar-refractivity contribution < 1.29 is 4.74 Å². The van der Waals surface area contributed by atoms with Crippen molar-refractivity contribution in [2.45, 2.75) is 19.5 Å². The second-order valence-electron chi connectivity index (χ2n) is 20.5. The standard InChI is InChI=1S/C11H16N2O.B61/c12-4-1-5-14-11-3-2-9-7-13-8-10(9)6-11;1-32-48(33(2)3)56(49(34(4)5)35(6)7)60(57(50(36(8)9)37(10)11)51(38(12)13)39(14)15)61(58(52(40(16)17)41(18)19)53(42(20)21)43(22)23)59(54(44(24)25)45(26)27)55(46(28)29)47(30)31/h2-3,6,13H,1,4-5,7-8,12H2;. The smallest absolute Gasteiger partial charge is 0.119 e. The van der Waals surface area contributed by atoms with Gasteiger partial charge in [-0.1, -0.05) is 6.07 Å². The molecule has 0 atom stereocenters. The molecule has 0 amide bonds. The summed E-state index contributed by atoms with van der Waals surface area (Å²) in [7, 11) is 206. The van der Waals surface area contributed by atoms with Crippen molar-refractivity contribution in [1.82, 2.24) is 5.32 Å². The molecule has 3 N–H and O–H groups in total. The van der Waals surface area contributed by atoms with Crippen LogP contribution in [0.5, 0.6) is 5.75 Å². The first-order chi connectivity index (χ1) is 34.7. The highest BCUT2D eigenvalue weighted by Crippen LogP contribution is 2.25. The molecule has 64 heteroatoms. The number of benzene rings is 1. The van der Waals surface area contributed by atoms with Crippen LogP contribution in [0.15, 0.2) is 18.2 Å². The van der Waals surface area contributed by atoms with Crippen LogP contribution < -0.4 is 15.8 Å². The summed E-state index contributed by atoms with van der Waals surface area (Å²) in [5, 5.41) is 3.31. The highest BCUT2D eigenvalue weighted by molar-refractivity contribution is 8.38. The zero-order valence-corrected chi connectivity index (χ0v) is 43.5. The maximum absolute atomic E-state index is 6.61. The van der Waals surface area contributed by atoms with E-state index in [2.05, 4.69) is 17.4 Å². The van der Waals surface area contributed by atoms with Crippen LogP contribution in [-0.2, 0) is 13.1 Å². The van der Waals surface area contributed by atoms with Crippen LogP contribution in [0.2, 0.25) is 0 Å². The summed E-state index contributed by atoms with van der Waals surface area (Å²) in [6.07, 6.45) is -40.3. The third kappa shape index (κ3) is 21.7. The molecule has 63 radical (unpaired) electrons. The van der Waals surface area contributed by atoms with Crippen molar-refractivity contribution in [3.63, 3.8) is 0 Å². The first-order valence-corrected chi connectivity index (χ1v) is 25.1. The zero-order chi connectivity index (χ0) is 58.3. The van der Waals surface area contributed by atoms with Crippen LogP contribution in [0.1, 0.15) is 17.5 Å². The van der Waals surface area contributed by atoms with E-state index >= 15 is 0 Å². The van der Waals surface area contributed by atoms with Crippen LogP contribution in [0.4, 0.5) is 0 Å². The van der Waals surface area contributed by atoms with Crippen LogP contribution in [-0.4, -0.2) is 445 Å². The maximum atomic E-state index is 6.61. The van der Waals surface area contributed by atoms with E-state index in [1.807, 2.05) is 6.07 Å². The minimum absolute atomic E-state index is 0.687. The summed E-state index contributed by atoms with van der Waals surface area (Å²) < 4.78 is 5.56. The number of fused-ring (bicyclic) bond motifs is 1. The third-order valence-electron chi connectivity index (χ3n) is 15.1. The van der Waals surface area contributed by atoms with E-state index in [0.29, 0.717) is 13.2 Å². The molecule has 2 rings (SSSR count). The molecule has 1 aromatic rings. The predicted molar refractivity (Wildman–Crippen MR) is 407 cm³/mol. The normalized spacial score (nSPS) is 10.5. The van der Waals surface area contributed by atoms with Crippen LogP contribution >= 0.6 is 0 Å². The van der Waals surface area contributed by atoms with Crippen LogP contribution in [0, 0.1) is 0 Å². The van der Waals surface area contributed by atoms with E-state index in [0.717, 1.165) is 32.3 Å². The second kappa shape index (κ2) is 36.7. The van der Waals surface area contributed by atoms with Gasteiger partial charge in [0.15, 0.2) is 0 Å². The minimum atomic E-state index is -1.51. The monoisotopic (exact) mass is 864 g/mol. The van der Waals surface area contributed by atoms with Gasteiger partial charge in [0.1, 0.15) is 5.75 Å². The van der Waals surface area contributed by atoms with Crippen molar-refractivity contribution in [3.05, 3.63) is 29.3 Å². The van der Waals surface area contributed by atoms with Gasteiger partial charge in [0, 0.05) is 445 Å². The molecule has 0 unspecified atom stereocenters. The average Bonchev–Trinajstić information content (AvgIpc) is 3.71. The molecular formula is C11H16B61N2O. The molecule has 1 aromatic carbocycles. The fraction of sp³-hybridized carbons (Fsp3) is 0.455. The summed E-state index contributed by atoms with van der Waals surface area (Å²) in [6, 6.07) is 6.28. The van der Waals surface area contributed by atoms with Crippen LogP contribution in [0.25, 0.3) is 0 Å². The first-order valence-electron chi connectivity index (χ1n) is 25.1. The first kappa shape index (κ1) is 75.9. The molecular weight excluding hydrogens is 836 g/mol. The fourth-order valence-corrected chi connectivity index (χ4v) is 12.2. The SMILES string of the molecule is NCCCOc1ccc2c(c1)CNC2.[B][B]B(B([B])[B])B(B(B([B])[B])B([B])[B])B(B(B(B([B])[B])B([B])[B])B(B([B])[B])B([B])[B])B(B(B(B([B])[B])B([B])[B])B(B([B])[B])B([B])[B])B(B(B([B])[B])B([B])[B])B(B([B])[B])B([B])[B]. The van der Waals surface area contributed by atoms with Crippen molar-refractivity contribution in [1.29, 1.82) is 0 Å². The third-order valence-corrected chi connectivity index (χ3v) is 15.1. The highest BCUT2D eigenvalue weighted by Gasteiger charge is 2.62. The van der Waals surface area contributed by atoms with Gasteiger partial charge in [-0.2, -0.15) is 0 Å². The number of hydrogen-bond donors (Lipinski definition) is 2. The van der Waals surface area contributed by atoms with E-state index in [-0.39, 0.29) is 0 Å². The van der Waals surface area contributed by atoms with E-state index in [9.17, 15) is 0 Å². The van der Waals surface area contributed by atoms with Crippen molar-refractivity contribution in [3.8, 4) is 5.75 Å². The zero-order valence-electron chi connectivity index (χ0n) is 43.5. The lowest BCUT2D eigenvalue weighted by molar-refractivity contribution is 0.313. The lowest BCUT2D eigenvalue weighted by Gasteiger charge is -2.59. The quantitative estimate of drug-likeness (QED) is 0.0547. The Bertz CT molecular complexity index is 1510. The van der Waals surface area contributed by atoms with Crippen LogP contribution in [0.3, 0.4) is 0 Å². The van der Waals surface area contributed by atoms with Gasteiger partial charge < -0.3 is 15.8 Å². The van der Waals surface area contributed by atoms with Crippen molar-refractivity contribution >= 4 is 432 Å². The molecule has 1 heterocycles. The average molecular weight is 852 g/mol. The van der Waals surface area contributed by atoms with Gasteiger partial charge in [-0.25, -0.2) is 0 Å². The molecule has 0 fully saturated rings. The molecule has 1 aliphatic heterocycles. The van der Waals surface area contributed by atoms with Gasteiger partial charge in [-0.15, -0.1) is 0 Å². The molecule has 259 valence electrons. The summed E-state index contributed by atoms with van der Waals surface area (Å²) in [5.74, 6) is 0.959. The van der Waals surface area contributed by atoms with Crippen molar-refractivity contribution in [2.24, 2.45) is 5.73 Å². The summed E-state index contributed by atoms with van der Waals surface area (Å²) in [4.78, 5) is 0. The molecule has 0 saturated carbocycles.